The molecule has 3 N–H and O–H groups in total. The number of benzene rings is 3. The van der Waals surface area contributed by atoms with Crippen molar-refractivity contribution in [2.24, 2.45) is 0 Å². The molecule has 0 saturated heterocycles. The van der Waals surface area contributed by atoms with Gasteiger partial charge in [0.1, 0.15) is 23.2 Å². The summed E-state index contributed by atoms with van der Waals surface area (Å²) in [4.78, 5) is 26.8. The molecule has 1 aliphatic rings. The number of hydrogen-bond donors (Lipinski definition) is 3. The minimum Gasteiger partial charge on any atom is -0.497 e. The highest BCUT2D eigenvalue weighted by Gasteiger charge is 2.35. The van der Waals surface area contributed by atoms with Gasteiger partial charge in [0.25, 0.3) is 11.8 Å². The highest BCUT2D eigenvalue weighted by molar-refractivity contribution is 6.30. The molecule has 2 amide bonds. The second kappa shape index (κ2) is 10.4. The summed E-state index contributed by atoms with van der Waals surface area (Å²) in [5.41, 5.74) is 4.62. The van der Waals surface area contributed by atoms with E-state index in [1.165, 1.54) is 6.20 Å². The molecule has 4 aromatic rings. The van der Waals surface area contributed by atoms with E-state index >= 15 is 0 Å². The summed E-state index contributed by atoms with van der Waals surface area (Å²) in [5.74, 6) is 0.575. The van der Waals surface area contributed by atoms with E-state index in [4.69, 9.17) is 16.3 Å². The van der Waals surface area contributed by atoms with Gasteiger partial charge in [-0.05, 0) is 67.9 Å². The van der Waals surface area contributed by atoms with Crippen LogP contribution in [0.3, 0.4) is 0 Å². The SMILES string of the molecule is COc1ccc(NC(=O)C2=C(C)Nc3c(C(=O)Nc4ccc(C)cc4)cnn3C2c2ccc(Cl)cc2)cc1. The van der Waals surface area contributed by atoms with Crippen LogP contribution in [0.2, 0.25) is 5.02 Å². The highest BCUT2D eigenvalue weighted by Crippen LogP contribution is 2.38. The van der Waals surface area contributed by atoms with Crippen LogP contribution in [0.15, 0.2) is 90.3 Å². The predicted molar refractivity (Wildman–Crippen MR) is 149 cm³/mol. The summed E-state index contributed by atoms with van der Waals surface area (Å²) in [7, 11) is 1.59. The van der Waals surface area contributed by atoms with E-state index in [1.54, 1.807) is 48.2 Å². The van der Waals surface area contributed by atoms with Gasteiger partial charge in [0.15, 0.2) is 0 Å². The number of methoxy groups -OCH3 is 1. The first-order valence-electron chi connectivity index (χ1n) is 12.0. The van der Waals surface area contributed by atoms with Crippen molar-refractivity contribution in [2.75, 3.05) is 23.1 Å². The van der Waals surface area contributed by atoms with E-state index < -0.39 is 6.04 Å². The predicted octanol–water partition coefficient (Wildman–Crippen LogP) is 6.03. The summed E-state index contributed by atoms with van der Waals surface area (Å²) < 4.78 is 6.86. The Balaban J connectivity index is 1.51. The fourth-order valence-corrected chi connectivity index (χ4v) is 4.50. The molecule has 2 heterocycles. The van der Waals surface area contributed by atoms with Gasteiger partial charge in [-0.2, -0.15) is 5.10 Å². The number of ether oxygens (including phenoxy) is 1. The number of aromatic nitrogens is 2. The Kier molecular flexibility index (Phi) is 6.89. The van der Waals surface area contributed by atoms with Gasteiger partial charge in [0.05, 0.1) is 18.9 Å². The number of carbonyl (C=O) groups is 2. The average Bonchev–Trinajstić information content (AvgIpc) is 3.33. The first-order chi connectivity index (χ1) is 18.3. The first-order valence-corrected chi connectivity index (χ1v) is 12.4. The molecule has 3 aromatic carbocycles. The minimum absolute atomic E-state index is 0.299. The van der Waals surface area contributed by atoms with Gasteiger partial charge < -0.3 is 20.7 Å². The van der Waals surface area contributed by atoms with Crippen LogP contribution in [0.5, 0.6) is 5.75 Å². The average molecular weight is 528 g/mol. The largest absolute Gasteiger partial charge is 0.497 e. The van der Waals surface area contributed by atoms with Crippen molar-refractivity contribution in [2.45, 2.75) is 19.9 Å². The van der Waals surface area contributed by atoms with Crippen LogP contribution in [0.25, 0.3) is 0 Å². The van der Waals surface area contributed by atoms with Crippen LogP contribution in [0.4, 0.5) is 17.2 Å². The van der Waals surface area contributed by atoms with Gasteiger partial charge in [0, 0.05) is 22.1 Å². The van der Waals surface area contributed by atoms with Crippen LogP contribution in [-0.2, 0) is 4.79 Å². The molecule has 192 valence electrons. The van der Waals surface area contributed by atoms with Gasteiger partial charge in [-0.15, -0.1) is 0 Å². The Hall–Kier alpha value is -4.56. The summed E-state index contributed by atoms with van der Waals surface area (Å²) in [6.45, 7) is 3.79. The molecule has 38 heavy (non-hydrogen) atoms. The molecular formula is C29H26ClN5O3. The molecule has 0 saturated carbocycles. The quantitative estimate of drug-likeness (QED) is 0.284. The Bertz CT molecular complexity index is 1520. The van der Waals surface area contributed by atoms with E-state index in [9.17, 15) is 9.59 Å². The zero-order valence-electron chi connectivity index (χ0n) is 21.1. The molecule has 1 unspecified atom stereocenters. The molecule has 0 radical (unpaired) electrons. The maximum atomic E-state index is 13.6. The maximum absolute atomic E-state index is 13.6. The topological polar surface area (TPSA) is 97.3 Å². The Morgan fingerprint density at radius 1 is 0.895 bits per heavy atom. The number of allylic oxidation sites excluding steroid dienone is 1. The van der Waals surface area contributed by atoms with Crippen LogP contribution >= 0.6 is 11.6 Å². The molecule has 0 bridgehead atoms. The third-order valence-corrected chi connectivity index (χ3v) is 6.61. The molecule has 8 nitrogen and oxygen atoms in total. The fourth-order valence-electron chi connectivity index (χ4n) is 4.38. The molecule has 0 aliphatic carbocycles. The summed E-state index contributed by atoms with van der Waals surface area (Å²) in [5, 5.41) is 14.2. The normalized spacial score (nSPS) is 14.4. The van der Waals surface area contributed by atoms with Crippen LogP contribution in [-0.4, -0.2) is 28.7 Å². The van der Waals surface area contributed by atoms with E-state index in [1.807, 2.05) is 50.2 Å². The van der Waals surface area contributed by atoms with Crippen molar-refractivity contribution in [1.29, 1.82) is 0 Å². The molecule has 0 spiro atoms. The molecule has 1 aliphatic heterocycles. The maximum Gasteiger partial charge on any atom is 0.261 e. The number of nitrogens with one attached hydrogen (secondary N) is 3. The lowest BCUT2D eigenvalue weighted by atomic mass is 9.94. The third-order valence-electron chi connectivity index (χ3n) is 6.36. The number of hydrogen-bond acceptors (Lipinski definition) is 5. The van der Waals surface area contributed by atoms with Crippen LogP contribution in [0, 0.1) is 6.92 Å². The van der Waals surface area contributed by atoms with Gasteiger partial charge in [-0.25, -0.2) is 4.68 Å². The van der Waals surface area contributed by atoms with E-state index in [0.29, 0.717) is 44.8 Å². The second-order valence-corrected chi connectivity index (χ2v) is 9.41. The molecule has 0 fully saturated rings. The lowest BCUT2D eigenvalue weighted by Gasteiger charge is -2.30. The van der Waals surface area contributed by atoms with E-state index in [2.05, 4.69) is 21.0 Å². The second-order valence-electron chi connectivity index (χ2n) is 8.97. The fraction of sp³-hybridized carbons (Fsp3) is 0.138. The van der Waals surface area contributed by atoms with Gasteiger partial charge >= 0.3 is 0 Å². The van der Waals surface area contributed by atoms with Crippen molar-refractivity contribution in [3.8, 4) is 5.75 Å². The summed E-state index contributed by atoms with van der Waals surface area (Å²) in [6.07, 6.45) is 1.51. The monoisotopic (exact) mass is 527 g/mol. The Morgan fingerprint density at radius 2 is 1.50 bits per heavy atom. The summed E-state index contributed by atoms with van der Waals surface area (Å²) >= 11 is 6.15. The number of fused-ring (bicyclic) bond motifs is 1. The first kappa shape index (κ1) is 25.1. The van der Waals surface area contributed by atoms with Crippen molar-refractivity contribution >= 4 is 40.6 Å². The van der Waals surface area contributed by atoms with Crippen LogP contribution < -0.4 is 20.7 Å². The highest BCUT2D eigenvalue weighted by atomic mass is 35.5. The smallest absolute Gasteiger partial charge is 0.261 e. The number of rotatable bonds is 6. The number of anilines is 3. The third kappa shape index (κ3) is 4.99. The number of nitrogens with zero attached hydrogens (tertiary/aromatic N) is 2. The van der Waals surface area contributed by atoms with Crippen molar-refractivity contribution in [3.05, 3.63) is 112 Å². The van der Waals surface area contributed by atoms with Gasteiger partial charge in [0.2, 0.25) is 0 Å². The molecule has 5 rings (SSSR count). The van der Waals surface area contributed by atoms with Gasteiger partial charge in [-0.1, -0.05) is 41.4 Å². The van der Waals surface area contributed by atoms with Crippen LogP contribution in [0.1, 0.15) is 34.5 Å². The summed E-state index contributed by atoms with van der Waals surface area (Å²) in [6, 6.07) is 21.3. The molecule has 1 atom stereocenters. The lowest BCUT2D eigenvalue weighted by molar-refractivity contribution is -0.113. The standard InChI is InChI=1S/C29H26ClN5O3/c1-17-4-10-21(11-5-17)33-28(36)24-16-31-35-26(19-6-8-20(30)9-7-19)25(18(2)32-27(24)35)29(37)34-22-12-14-23(38-3)15-13-22/h4-16,26,32H,1-3H3,(H,33,36)(H,34,37). The van der Waals surface area contributed by atoms with Gasteiger partial charge in [-0.3, -0.25) is 9.59 Å². The molecular weight excluding hydrogens is 502 g/mol. The van der Waals surface area contributed by atoms with E-state index in [0.717, 1.165) is 11.1 Å². The number of aryl methyl sites for hydroxylation is 1. The zero-order valence-corrected chi connectivity index (χ0v) is 21.8. The Labute approximate surface area is 225 Å². The zero-order chi connectivity index (χ0) is 26.8. The lowest BCUT2D eigenvalue weighted by Crippen LogP contribution is -2.32. The number of halogens is 1. The number of carbonyl (C=O) groups excluding carboxylic acids is 2. The van der Waals surface area contributed by atoms with Crippen molar-refractivity contribution in [3.63, 3.8) is 0 Å². The Morgan fingerprint density at radius 3 is 2.13 bits per heavy atom. The van der Waals surface area contributed by atoms with Crippen molar-refractivity contribution in [1.82, 2.24) is 9.78 Å². The van der Waals surface area contributed by atoms with E-state index in [-0.39, 0.29) is 11.8 Å². The minimum atomic E-state index is -0.595. The van der Waals surface area contributed by atoms with Crippen molar-refractivity contribution < 1.29 is 14.3 Å². The molecule has 9 heteroatoms. The number of amides is 2. The molecule has 1 aromatic heterocycles.